The molecule has 0 heterocycles. The largest absolute Gasteiger partial charge is 0.271 e. The number of hydrogen-bond acceptors (Lipinski definition) is 2. The number of rotatable bonds is 4. The summed E-state index contributed by atoms with van der Waals surface area (Å²) in [5.74, 6) is 5.39. The summed E-state index contributed by atoms with van der Waals surface area (Å²) in [5.41, 5.74) is 3.77. The second-order valence-electron chi connectivity index (χ2n) is 4.81. The van der Waals surface area contributed by atoms with E-state index in [1.807, 2.05) is 6.07 Å². The van der Waals surface area contributed by atoms with Gasteiger partial charge in [-0.2, -0.15) is 0 Å². The van der Waals surface area contributed by atoms with Crippen LogP contribution in [0.1, 0.15) is 25.3 Å². The Morgan fingerprint density at radius 1 is 1.56 bits per heavy atom. The minimum absolute atomic E-state index is 0.149. The fourth-order valence-corrected chi connectivity index (χ4v) is 2.38. The van der Waals surface area contributed by atoms with Gasteiger partial charge in [-0.15, -0.1) is 0 Å². The van der Waals surface area contributed by atoms with E-state index in [0.29, 0.717) is 12.0 Å². The van der Waals surface area contributed by atoms with Crippen molar-refractivity contribution in [2.75, 3.05) is 0 Å². The Balaban J connectivity index is 2.15. The van der Waals surface area contributed by atoms with E-state index in [0.717, 1.165) is 17.3 Å². The fraction of sp³-hybridized carbons (Fsp3) is 0.500. The highest BCUT2D eigenvalue weighted by molar-refractivity contribution is 9.10. The average Bonchev–Trinajstić information content (AvgIpc) is 2.99. The van der Waals surface area contributed by atoms with Gasteiger partial charge in [-0.1, -0.05) is 22.9 Å². The maximum absolute atomic E-state index is 13.6. The number of nitrogens with one attached hydrogen (secondary N) is 1. The fourth-order valence-electron chi connectivity index (χ4n) is 1.97. The monoisotopic (exact) mass is 286 g/mol. The van der Waals surface area contributed by atoms with Gasteiger partial charge in [0.1, 0.15) is 5.82 Å². The minimum atomic E-state index is -0.160. The topological polar surface area (TPSA) is 38.0 Å². The molecule has 0 saturated heterocycles. The summed E-state index contributed by atoms with van der Waals surface area (Å²) < 4.78 is 14.5. The van der Waals surface area contributed by atoms with Gasteiger partial charge < -0.3 is 0 Å². The maximum Gasteiger partial charge on any atom is 0.126 e. The molecule has 1 saturated carbocycles. The van der Waals surface area contributed by atoms with Gasteiger partial charge in [0.2, 0.25) is 0 Å². The van der Waals surface area contributed by atoms with Crippen LogP contribution >= 0.6 is 15.9 Å². The van der Waals surface area contributed by atoms with E-state index in [1.165, 1.54) is 6.07 Å². The number of halogens is 2. The van der Waals surface area contributed by atoms with E-state index in [9.17, 15) is 4.39 Å². The molecule has 0 bridgehead atoms. The Kier molecular flexibility index (Phi) is 3.33. The zero-order valence-corrected chi connectivity index (χ0v) is 10.8. The Morgan fingerprint density at radius 2 is 2.25 bits per heavy atom. The first-order valence-corrected chi connectivity index (χ1v) is 6.24. The summed E-state index contributed by atoms with van der Waals surface area (Å²) in [6, 6.07) is 5.17. The molecular weight excluding hydrogens is 271 g/mol. The lowest BCUT2D eigenvalue weighted by Crippen LogP contribution is -2.42. The van der Waals surface area contributed by atoms with Crippen LogP contribution < -0.4 is 11.3 Å². The molecule has 0 radical (unpaired) electrons. The average molecular weight is 287 g/mol. The molecule has 0 spiro atoms. The predicted octanol–water partition coefficient (Wildman–Crippen LogP) is 2.76. The van der Waals surface area contributed by atoms with E-state index in [1.54, 1.807) is 6.07 Å². The SMILES string of the molecule is CC1(C(Cc2cc(Br)ccc2F)NN)CC1. The third-order valence-electron chi connectivity index (χ3n) is 3.51. The van der Waals surface area contributed by atoms with Crippen LogP contribution in [0.15, 0.2) is 22.7 Å². The van der Waals surface area contributed by atoms with Crippen molar-refractivity contribution in [2.24, 2.45) is 11.3 Å². The van der Waals surface area contributed by atoms with Crippen molar-refractivity contribution in [3.8, 4) is 0 Å². The molecule has 4 heteroatoms. The van der Waals surface area contributed by atoms with Crippen LogP contribution in [0.3, 0.4) is 0 Å². The lowest BCUT2D eigenvalue weighted by atomic mass is 9.93. The van der Waals surface area contributed by atoms with Crippen molar-refractivity contribution >= 4 is 15.9 Å². The Hall–Kier alpha value is -0.450. The van der Waals surface area contributed by atoms with Crippen LogP contribution in [0.4, 0.5) is 4.39 Å². The molecule has 2 nitrogen and oxygen atoms in total. The van der Waals surface area contributed by atoms with Crippen molar-refractivity contribution in [1.82, 2.24) is 5.43 Å². The van der Waals surface area contributed by atoms with Crippen LogP contribution in [0.2, 0.25) is 0 Å². The highest BCUT2D eigenvalue weighted by Gasteiger charge is 2.44. The highest BCUT2D eigenvalue weighted by atomic mass is 79.9. The van der Waals surface area contributed by atoms with Gasteiger partial charge in [-0.3, -0.25) is 11.3 Å². The number of nitrogens with two attached hydrogens (primary N) is 1. The predicted molar refractivity (Wildman–Crippen MR) is 66.3 cm³/mol. The van der Waals surface area contributed by atoms with E-state index in [4.69, 9.17) is 5.84 Å². The molecule has 1 aliphatic rings. The summed E-state index contributed by atoms with van der Waals surface area (Å²) in [5, 5.41) is 0. The lowest BCUT2D eigenvalue weighted by molar-refractivity contribution is 0.355. The minimum Gasteiger partial charge on any atom is -0.271 e. The standard InChI is InChI=1S/C12H16BrFN2/c1-12(4-5-12)11(16-15)7-8-6-9(13)2-3-10(8)14/h2-3,6,11,16H,4-5,7,15H2,1H3. The van der Waals surface area contributed by atoms with Gasteiger partial charge in [0.15, 0.2) is 0 Å². The molecule has 2 rings (SSSR count). The molecule has 0 aliphatic heterocycles. The second kappa shape index (κ2) is 4.43. The summed E-state index contributed by atoms with van der Waals surface area (Å²) in [6.45, 7) is 2.19. The molecule has 88 valence electrons. The van der Waals surface area contributed by atoms with E-state index < -0.39 is 0 Å². The molecule has 1 aromatic rings. The van der Waals surface area contributed by atoms with Gasteiger partial charge in [-0.25, -0.2) is 4.39 Å². The first-order chi connectivity index (χ1) is 7.55. The molecule has 1 unspecified atom stereocenters. The van der Waals surface area contributed by atoms with Gasteiger partial charge in [0.05, 0.1) is 0 Å². The Morgan fingerprint density at radius 3 is 2.81 bits per heavy atom. The molecule has 1 aliphatic carbocycles. The van der Waals surface area contributed by atoms with E-state index in [-0.39, 0.29) is 17.3 Å². The summed E-state index contributed by atoms with van der Waals surface area (Å²) in [6.07, 6.45) is 2.97. The summed E-state index contributed by atoms with van der Waals surface area (Å²) in [7, 11) is 0. The molecule has 0 aromatic heterocycles. The summed E-state index contributed by atoms with van der Waals surface area (Å²) >= 11 is 3.36. The van der Waals surface area contributed by atoms with Crippen molar-refractivity contribution in [3.63, 3.8) is 0 Å². The molecule has 0 amide bonds. The van der Waals surface area contributed by atoms with Crippen molar-refractivity contribution in [1.29, 1.82) is 0 Å². The van der Waals surface area contributed by atoms with Gasteiger partial charge in [-0.05, 0) is 48.4 Å². The molecule has 3 N–H and O–H groups in total. The quantitative estimate of drug-likeness (QED) is 0.660. The Bertz CT molecular complexity index is 391. The number of hydrazine groups is 1. The smallest absolute Gasteiger partial charge is 0.126 e. The summed E-state index contributed by atoms with van der Waals surface area (Å²) in [4.78, 5) is 0. The molecule has 1 aromatic carbocycles. The zero-order valence-electron chi connectivity index (χ0n) is 9.26. The molecule has 1 atom stereocenters. The maximum atomic E-state index is 13.6. The number of benzene rings is 1. The van der Waals surface area contributed by atoms with Crippen LogP contribution in [0.5, 0.6) is 0 Å². The van der Waals surface area contributed by atoms with Crippen molar-refractivity contribution in [3.05, 3.63) is 34.1 Å². The van der Waals surface area contributed by atoms with Crippen LogP contribution in [0, 0.1) is 11.2 Å². The van der Waals surface area contributed by atoms with E-state index >= 15 is 0 Å². The molecular formula is C12H16BrFN2. The zero-order chi connectivity index (χ0) is 11.8. The third-order valence-corrected chi connectivity index (χ3v) is 4.01. The molecule has 1 fully saturated rings. The van der Waals surface area contributed by atoms with Gasteiger partial charge in [0, 0.05) is 10.5 Å². The van der Waals surface area contributed by atoms with Crippen LogP contribution in [-0.2, 0) is 6.42 Å². The first-order valence-electron chi connectivity index (χ1n) is 5.45. The Labute approximate surface area is 104 Å². The highest BCUT2D eigenvalue weighted by Crippen LogP contribution is 2.48. The van der Waals surface area contributed by atoms with Crippen LogP contribution in [-0.4, -0.2) is 6.04 Å². The van der Waals surface area contributed by atoms with Crippen molar-refractivity contribution < 1.29 is 4.39 Å². The normalized spacial score (nSPS) is 19.5. The van der Waals surface area contributed by atoms with Crippen molar-refractivity contribution in [2.45, 2.75) is 32.2 Å². The first kappa shape index (κ1) is 12.0. The number of hydrogen-bond donors (Lipinski definition) is 2. The van der Waals surface area contributed by atoms with Crippen LogP contribution in [0.25, 0.3) is 0 Å². The van der Waals surface area contributed by atoms with Gasteiger partial charge >= 0.3 is 0 Å². The second-order valence-corrected chi connectivity index (χ2v) is 5.73. The van der Waals surface area contributed by atoms with E-state index in [2.05, 4.69) is 28.3 Å². The lowest BCUT2D eigenvalue weighted by Gasteiger charge is -2.23. The molecule has 16 heavy (non-hydrogen) atoms. The third kappa shape index (κ3) is 2.44. The van der Waals surface area contributed by atoms with Gasteiger partial charge in [0.25, 0.3) is 0 Å².